The number of rotatable bonds is 9. The van der Waals surface area contributed by atoms with E-state index < -0.39 is 15.9 Å². The van der Waals surface area contributed by atoms with Crippen molar-refractivity contribution in [2.24, 2.45) is 0 Å². The van der Waals surface area contributed by atoms with Gasteiger partial charge in [-0.3, -0.25) is 14.9 Å². The number of anilines is 2. The molecular weight excluding hydrogens is 522 g/mol. The van der Waals surface area contributed by atoms with Gasteiger partial charge in [0.05, 0.1) is 23.9 Å². The number of morpholine rings is 1. The van der Waals surface area contributed by atoms with Gasteiger partial charge in [0, 0.05) is 24.3 Å². The van der Waals surface area contributed by atoms with Gasteiger partial charge in [-0.05, 0) is 48.4 Å². The van der Waals surface area contributed by atoms with Gasteiger partial charge in [-0.1, -0.05) is 42.2 Å². The minimum Gasteiger partial charge on any atom is -0.379 e. The fourth-order valence-corrected chi connectivity index (χ4v) is 6.31. The Bertz CT molecular complexity index is 1300. The molecule has 1 aliphatic heterocycles. The van der Waals surface area contributed by atoms with Crippen molar-refractivity contribution in [2.45, 2.75) is 22.6 Å². The lowest BCUT2D eigenvalue weighted by molar-refractivity contribution is -0.113. The Morgan fingerprint density at radius 1 is 1.03 bits per heavy atom. The number of aryl methyl sites for hydroxylation is 1. The molecule has 13 heteroatoms. The highest BCUT2D eigenvalue weighted by molar-refractivity contribution is 8.01. The molecule has 36 heavy (non-hydrogen) atoms. The van der Waals surface area contributed by atoms with Crippen molar-refractivity contribution >= 4 is 55.8 Å². The number of hydrogen-bond acceptors (Lipinski definition) is 9. The first-order valence-electron chi connectivity index (χ1n) is 11.2. The van der Waals surface area contributed by atoms with Crippen molar-refractivity contribution in [1.82, 2.24) is 14.5 Å². The lowest BCUT2D eigenvalue weighted by atomic mass is 10.1. The highest BCUT2D eigenvalue weighted by Gasteiger charge is 2.26. The molecule has 1 aliphatic rings. The Balaban J connectivity index is 1.28. The molecule has 0 spiro atoms. The molecular formula is C23H25N5O5S3. The summed E-state index contributed by atoms with van der Waals surface area (Å²) in [5, 5.41) is 13.7. The maximum Gasteiger partial charge on any atom is 0.257 e. The summed E-state index contributed by atoms with van der Waals surface area (Å²) in [5.41, 5.74) is 2.21. The van der Waals surface area contributed by atoms with Crippen LogP contribution in [-0.2, 0) is 26.0 Å². The number of hydrogen-bond donors (Lipinski definition) is 2. The average Bonchev–Trinajstić information content (AvgIpc) is 3.35. The maximum atomic E-state index is 12.7. The van der Waals surface area contributed by atoms with E-state index in [1.807, 2.05) is 24.3 Å². The van der Waals surface area contributed by atoms with Crippen LogP contribution in [0.2, 0.25) is 0 Å². The monoisotopic (exact) mass is 547 g/mol. The third-order valence-electron chi connectivity index (χ3n) is 5.32. The predicted octanol–water partition coefficient (Wildman–Crippen LogP) is 3.10. The molecule has 0 radical (unpaired) electrons. The fraction of sp³-hybridized carbons (Fsp3) is 0.304. The first kappa shape index (κ1) is 26.2. The zero-order chi connectivity index (χ0) is 25.5. The van der Waals surface area contributed by atoms with Crippen LogP contribution in [0, 0.1) is 0 Å². The number of aromatic nitrogens is 2. The lowest BCUT2D eigenvalue weighted by Crippen LogP contribution is -2.40. The molecule has 190 valence electrons. The number of amides is 2. The van der Waals surface area contributed by atoms with Crippen LogP contribution in [0.1, 0.15) is 22.8 Å². The number of ether oxygens (including phenoxy) is 1. The fourth-order valence-electron chi connectivity index (χ4n) is 3.35. The Hall–Kier alpha value is -2.84. The molecule has 10 nitrogen and oxygen atoms in total. The lowest BCUT2D eigenvalue weighted by Gasteiger charge is -2.26. The summed E-state index contributed by atoms with van der Waals surface area (Å²) in [6, 6.07) is 13.4. The van der Waals surface area contributed by atoms with Crippen molar-refractivity contribution in [1.29, 1.82) is 0 Å². The van der Waals surface area contributed by atoms with Crippen LogP contribution >= 0.6 is 23.1 Å². The SMILES string of the molecule is CCc1ccc(NC(=O)CSc2nnc(NC(=O)c3ccc(S(=O)(=O)N4CCOCC4)cc3)s2)cc1. The van der Waals surface area contributed by atoms with E-state index in [1.54, 1.807) is 0 Å². The van der Waals surface area contributed by atoms with Gasteiger partial charge in [0.25, 0.3) is 5.91 Å². The van der Waals surface area contributed by atoms with E-state index >= 15 is 0 Å². The molecule has 0 aliphatic carbocycles. The minimum atomic E-state index is -3.63. The summed E-state index contributed by atoms with van der Waals surface area (Å²) in [5.74, 6) is -0.458. The van der Waals surface area contributed by atoms with Crippen molar-refractivity contribution in [3.05, 3.63) is 59.7 Å². The molecule has 2 heterocycles. The number of thioether (sulfide) groups is 1. The van der Waals surface area contributed by atoms with Gasteiger partial charge in [-0.15, -0.1) is 10.2 Å². The second kappa shape index (κ2) is 11.9. The standard InChI is InChI=1S/C23H25N5O5S3/c1-2-16-3-7-18(8-4-16)24-20(29)15-34-23-27-26-22(35-23)25-21(30)17-5-9-19(10-6-17)36(31,32)28-11-13-33-14-12-28/h3-10H,2,11-15H2,1H3,(H,24,29)(H,25,26,30). The Kier molecular flexibility index (Phi) is 8.69. The van der Waals surface area contributed by atoms with Gasteiger partial charge in [-0.25, -0.2) is 8.42 Å². The van der Waals surface area contributed by atoms with Crippen molar-refractivity contribution in [3.63, 3.8) is 0 Å². The first-order chi connectivity index (χ1) is 17.3. The number of nitrogens with zero attached hydrogens (tertiary/aromatic N) is 3. The predicted molar refractivity (Wildman–Crippen MR) is 139 cm³/mol. The second-order valence-electron chi connectivity index (χ2n) is 7.76. The molecule has 4 rings (SSSR count). The van der Waals surface area contributed by atoms with Crippen molar-refractivity contribution in [3.8, 4) is 0 Å². The highest BCUT2D eigenvalue weighted by atomic mass is 32.2. The average molecular weight is 548 g/mol. The largest absolute Gasteiger partial charge is 0.379 e. The molecule has 0 unspecified atom stereocenters. The zero-order valence-corrected chi connectivity index (χ0v) is 21.9. The van der Waals surface area contributed by atoms with Crippen LogP contribution in [0.15, 0.2) is 57.8 Å². The van der Waals surface area contributed by atoms with E-state index in [0.717, 1.165) is 23.4 Å². The summed E-state index contributed by atoms with van der Waals surface area (Å²) in [6.45, 7) is 3.39. The molecule has 3 aromatic rings. The normalized spacial score (nSPS) is 14.4. The molecule has 1 fully saturated rings. The highest BCUT2D eigenvalue weighted by Crippen LogP contribution is 2.26. The number of carbonyl (C=O) groups excluding carboxylic acids is 2. The Labute approximate surface area is 217 Å². The quantitative estimate of drug-likeness (QED) is 0.309. The molecule has 1 saturated heterocycles. The molecule has 0 bridgehead atoms. The summed E-state index contributed by atoms with van der Waals surface area (Å²) < 4.78 is 32.6. The Morgan fingerprint density at radius 3 is 2.39 bits per heavy atom. The summed E-state index contributed by atoms with van der Waals surface area (Å²) >= 11 is 2.37. The third kappa shape index (κ3) is 6.68. The molecule has 1 aromatic heterocycles. The maximum absolute atomic E-state index is 12.7. The topological polar surface area (TPSA) is 131 Å². The van der Waals surface area contributed by atoms with Crippen LogP contribution in [0.25, 0.3) is 0 Å². The van der Waals surface area contributed by atoms with Crippen LogP contribution in [0.4, 0.5) is 10.8 Å². The van der Waals surface area contributed by atoms with Gasteiger partial charge in [0.15, 0.2) is 4.34 Å². The second-order valence-corrected chi connectivity index (χ2v) is 11.9. The van der Waals surface area contributed by atoms with E-state index in [-0.39, 0.29) is 27.3 Å². The van der Waals surface area contributed by atoms with Crippen LogP contribution in [0.3, 0.4) is 0 Å². The first-order valence-corrected chi connectivity index (χ1v) is 14.4. The number of benzene rings is 2. The van der Waals surface area contributed by atoms with Crippen molar-refractivity contribution < 1.29 is 22.7 Å². The van der Waals surface area contributed by atoms with E-state index in [1.165, 1.54) is 45.9 Å². The van der Waals surface area contributed by atoms with Gasteiger partial charge < -0.3 is 10.1 Å². The van der Waals surface area contributed by atoms with Crippen LogP contribution in [0.5, 0.6) is 0 Å². The van der Waals surface area contributed by atoms with Gasteiger partial charge in [0.2, 0.25) is 21.1 Å². The smallest absolute Gasteiger partial charge is 0.257 e. The van der Waals surface area contributed by atoms with Crippen LogP contribution in [-0.4, -0.2) is 66.8 Å². The molecule has 0 atom stereocenters. The van der Waals surface area contributed by atoms with E-state index in [2.05, 4.69) is 27.8 Å². The summed E-state index contributed by atoms with van der Waals surface area (Å²) in [6.07, 6.45) is 0.933. The van der Waals surface area contributed by atoms with E-state index in [9.17, 15) is 18.0 Å². The molecule has 2 amide bonds. The van der Waals surface area contributed by atoms with Gasteiger partial charge in [-0.2, -0.15) is 4.31 Å². The molecule has 2 N–H and O–H groups in total. The zero-order valence-electron chi connectivity index (χ0n) is 19.5. The third-order valence-corrected chi connectivity index (χ3v) is 9.21. The molecule has 2 aromatic carbocycles. The van der Waals surface area contributed by atoms with Gasteiger partial charge in [0.1, 0.15) is 0 Å². The molecule has 0 saturated carbocycles. The number of nitrogens with one attached hydrogen (secondary N) is 2. The summed E-state index contributed by atoms with van der Waals surface area (Å²) in [7, 11) is -3.63. The van der Waals surface area contributed by atoms with Gasteiger partial charge >= 0.3 is 0 Å². The Morgan fingerprint density at radius 2 is 1.72 bits per heavy atom. The summed E-state index contributed by atoms with van der Waals surface area (Å²) in [4.78, 5) is 24.9. The number of carbonyl (C=O) groups is 2. The minimum absolute atomic E-state index is 0.120. The van der Waals surface area contributed by atoms with E-state index in [4.69, 9.17) is 4.74 Å². The van der Waals surface area contributed by atoms with Crippen molar-refractivity contribution in [2.75, 3.05) is 42.7 Å². The van der Waals surface area contributed by atoms with E-state index in [0.29, 0.717) is 30.6 Å². The number of sulfonamides is 1. The van der Waals surface area contributed by atoms with Crippen LogP contribution < -0.4 is 10.6 Å².